The van der Waals surface area contributed by atoms with Gasteiger partial charge in [-0.15, -0.1) is 0 Å². The molecule has 3 saturated carbocycles. The minimum Gasteiger partial charge on any atom is -0.297 e. The average molecular weight is 439 g/mol. The predicted octanol–water partition coefficient (Wildman–Crippen LogP) is 7.18. The Morgan fingerprint density at radius 2 is 1.91 bits per heavy atom. The van der Waals surface area contributed by atoms with Crippen molar-refractivity contribution in [1.82, 2.24) is 9.78 Å². The van der Waals surface area contributed by atoms with Crippen LogP contribution in [-0.4, -0.2) is 15.6 Å². The Hall–Kier alpha value is -1.71. The second-order valence-electron chi connectivity index (χ2n) is 11.5. The molecule has 0 amide bonds. The molecule has 4 heteroatoms. The molecule has 0 bridgehead atoms. The summed E-state index contributed by atoms with van der Waals surface area (Å²) < 4.78 is 15.3. The van der Waals surface area contributed by atoms with Gasteiger partial charge in [0.2, 0.25) is 0 Å². The molecule has 1 heterocycles. The molecular weight excluding hydrogens is 399 g/mol. The molecule has 1 aromatic heterocycles. The van der Waals surface area contributed by atoms with Crippen LogP contribution < -0.4 is 0 Å². The van der Waals surface area contributed by atoms with Crippen LogP contribution in [-0.2, 0) is 11.3 Å². The molecule has 0 aliphatic heterocycles. The first kappa shape index (κ1) is 22.1. The fraction of sp³-hybridized carbons (Fsp3) is 0.714. The fourth-order valence-corrected chi connectivity index (χ4v) is 7.83. The molecule has 5 rings (SSSR count). The molecule has 0 spiro atoms. The largest absolute Gasteiger partial charge is 0.297 e. The van der Waals surface area contributed by atoms with Crippen molar-refractivity contribution in [2.75, 3.05) is 0 Å². The van der Waals surface area contributed by atoms with Crippen LogP contribution in [0.25, 0.3) is 10.9 Å². The third-order valence-electron chi connectivity index (χ3n) is 9.56. The maximum absolute atomic E-state index is 13.5. The summed E-state index contributed by atoms with van der Waals surface area (Å²) in [5.41, 5.74) is 0.903. The van der Waals surface area contributed by atoms with Gasteiger partial charge in [0.15, 0.2) is 5.78 Å². The summed E-state index contributed by atoms with van der Waals surface area (Å²) in [4.78, 5) is 13.5. The zero-order valence-corrected chi connectivity index (χ0v) is 19.9. The van der Waals surface area contributed by atoms with Gasteiger partial charge in [0.1, 0.15) is 5.82 Å². The lowest BCUT2D eigenvalue weighted by Crippen LogP contribution is -2.44. The number of carbonyl (C=O) groups is 1. The van der Waals surface area contributed by atoms with Crippen molar-refractivity contribution < 1.29 is 9.18 Å². The maximum Gasteiger partial charge on any atom is 0.157 e. The second-order valence-corrected chi connectivity index (χ2v) is 11.5. The first-order valence-electron chi connectivity index (χ1n) is 13.1. The quantitative estimate of drug-likeness (QED) is 0.508. The minimum atomic E-state index is -0.258. The van der Waals surface area contributed by atoms with Crippen LogP contribution in [0.5, 0.6) is 0 Å². The lowest BCUT2D eigenvalue weighted by atomic mass is 9.56. The molecule has 174 valence electrons. The van der Waals surface area contributed by atoms with Gasteiger partial charge in [0.25, 0.3) is 0 Å². The fourth-order valence-electron chi connectivity index (χ4n) is 7.83. The van der Waals surface area contributed by atoms with Gasteiger partial charge >= 0.3 is 0 Å². The smallest absolute Gasteiger partial charge is 0.157 e. The summed E-state index contributed by atoms with van der Waals surface area (Å²) in [6.45, 7) is 5.18. The van der Waals surface area contributed by atoms with Gasteiger partial charge in [-0.2, -0.15) is 5.10 Å². The van der Waals surface area contributed by atoms with Crippen LogP contribution in [0.3, 0.4) is 0 Å². The average Bonchev–Trinajstić information content (AvgIpc) is 3.31. The Morgan fingerprint density at radius 1 is 1.09 bits per heavy atom. The highest BCUT2D eigenvalue weighted by molar-refractivity contribution is 5.83. The van der Waals surface area contributed by atoms with Gasteiger partial charge in [-0.05, 0) is 79.4 Å². The van der Waals surface area contributed by atoms with E-state index in [1.165, 1.54) is 76.3 Å². The van der Waals surface area contributed by atoms with E-state index in [0.29, 0.717) is 18.2 Å². The third-order valence-corrected chi connectivity index (χ3v) is 9.56. The van der Waals surface area contributed by atoms with E-state index in [1.807, 2.05) is 6.20 Å². The number of hydrogen-bond donors (Lipinski definition) is 0. The van der Waals surface area contributed by atoms with Gasteiger partial charge in [0, 0.05) is 17.5 Å². The summed E-state index contributed by atoms with van der Waals surface area (Å²) in [7, 11) is 0. The number of nitrogens with zero attached hydrogens (tertiary/aromatic N) is 2. The lowest BCUT2D eigenvalue weighted by Gasteiger charge is -2.49. The SMILES string of the molecule is CC1CCCCC2C(CCC1)CCC1(C)C(C(=O)Cn3cc4cc(F)ccc4n3)CCC21. The van der Waals surface area contributed by atoms with Crippen molar-refractivity contribution in [3.8, 4) is 0 Å². The van der Waals surface area contributed by atoms with Crippen LogP contribution in [0, 0.1) is 40.8 Å². The number of ketones is 1. The Labute approximate surface area is 192 Å². The standard InChI is InChI=1S/C28H39FN2O/c1-19-6-3-4-9-23-20(8-5-7-19)14-15-28(2)24(23)11-12-25(28)27(32)18-31-17-21-16-22(29)10-13-26(21)30-31/h10,13,16-17,19-20,23-25H,3-9,11-12,14-15,18H2,1-2H3. The van der Waals surface area contributed by atoms with Crippen LogP contribution in [0.15, 0.2) is 24.4 Å². The molecule has 3 nitrogen and oxygen atoms in total. The Bertz CT molecular complexity index is 967. The van der Waals surface area contributed by atoms with Gasteiger partial charge < -0.3 is 0 Å². The van der Waals surface area contributed by atoms with E-state index >= 15 is 0 Å². The first-order valence-corrected chi connectivity index (χ1v) is 13.1. The Balaban J connectivity index is 1.30. The maximum atomic E-state index is 13.5. The second kappa shape index (κ2) is 8.91. The molecule has 6 atom stereocenters. The van der Waals surface area contributed by atoms with Crippen molar-refractivity contribution in [3.63, 3.8) is 0 Å². The van der Waals surface area contributed by atoms with Crippen LogP contribution in [0.4, 0.5) is 4.39 Å². The zero-order valence-electron chi connectivity index (χ0n) is 19.9. The van der Waals surface area contributed by atoms with Crippen molar-refractivity contribution in [2.45, 2.75) is 91.0 Å². The number of fused-ring (bicyclic) bond motifs is 4. The van der Waals surface area contributed by atoms with E-state index < -0.39 is 0 Å². The molecule has 0 radical (unpaired) electrons. The molecule has 3 aliphatic carbocycles. The highest BCUT2D eigenvalue weighted by Crippen LogP contribution is 2.61. The van der Waals surface area contributed by atoms with Crippen LogP contribution in [0.2, 0.25) is 0 Å². The molecule has 2 aromatic rings. The number of rotatable bonds is 3. The van der Waals surface area contributed by atoms with Crippen LogP contribution >= 0.6 is 0 Å². The number of halogens is 1. The molecule has 3 fully saturated rings. The van der Waals surface area contributed by atoms with Gasteiger partial charge in [-0.25, -0.2) is 4.39 Å². The van der Waals surface area contributed by atoms with E-state index in [0.717, 1.165) is 35.1 Å². The topological polar surface area (TPSA) is 34.9 Å². The molecule has 32 heavy (non-hydrogen) atoms. The van der Waals surface area contributed by atoms with E-state index in [4.69, 9.17) is 0 Å². The number of aromatic nitrogens is 2. The van der Waals surface area contributed by atoms with Crippen molar-refractivity contribution in [3.05, 3.63) is 30.2 Å². The Morgan fingerprint density at radius 3 is 2.78 bits per heavy atom. The normalized spacial score (nSPS) is 35.9. The highest BCUT2D eigenvalue weighted by Gasteiger charge is 2.55. The molecule has 1 aromatic carbocycles. The van der Waals surface area contributed by atoms with E-state index in [-0.39, 0.29) is 17.2 Å². The predicted molar refractivity (Wildman–Crippen MR) is 127 cm³/mol. The monoisotopic (exact) mass is 438 g/mol. The Kier molecular flexibility index (Phi) is 6.15. The minimum absolute atomic E-state index is 0.146. The molecule has 6 unspecified atom stereocenters. The summed E-state index contributed by atoms with van der Waals surface area (Å²) >= 11 is 0. The first-order chi connectivity index (χ1) is 15.4. The van der Waals surface area contributed by atoms with Gasteiger partial charge in [-0.1, -0.05) is 52.4 Å². The molecule has 0 saturated heterocycles. The molecule has 3 aliphatic rings. The lowest BCUT2D eigenvalue weighted by molar-refractivity contribution is -0.129. The summed E-state index contributed by atoms with van der Waals surface area (Å²) in [5.74, 6) is 3.51. The number of Topliss-reactive ketones (excluding diaryl/α,β-unsaturated/α-hetero) is 1. The zero-order chi connectivity index (χ0) is 22.3. The van der Waals surface area contributed by atoms with Gasteiger partial charge in [0.05, 0.1) is 12.1 Å². The number of carbonyl (C=O) groups excluding carboxylic acids is 1. The number of benzene rings is 1. The van der Waals surface area contributed by atoms with Gasteiger partial charge in [-0.3, -0.25) is 9.48 Å². The van der Waals surface area contributed by atoms with E-state index in [9.17, 15) is 9.18 Å². The molecule has 0 N–H and O–H groups in total. The van der Waals surface area contributed by atoms with Crippen molar-refractivity contribution in [2.24, 2.45) is 35.0 Å². The summed E-state index contributed by atoms with van der Waals surface area (Å²) in [6.07, 6.45) is 16.3. The third kappa shape index (κ3) is 4.15. The van der Waals surface area contributed by atoms with Crippen LogP contribution in [0.1, 0.15) is 84.5 Å². The van der Waals surface area contributed by atoms with E-state index in [1.54, 1.807) is 10.7 Å². The number of hydrogen-bond acceptors (Lipinski definition) is 2. The summed E-state index contributed by atoms with van der Waals surface area (Å²) in [6, 6.07) is 4.63. The van der Waals surface area contributed by atoms with E-state index in [2.05, 4.69) is 18.9 Å². The highest BCUT2D eigenvalue weighted by atomic mass is 19.1. The molecular formula is C28H39FN2O. The van der Waals surface area contributed by atoms with Crippen molar-refractivity contribution >= 4 is 16.7 Å². The summed E-state index contributed by atoms with van der Waals surface area (Å²) in [5, 5.41) is 5.30. The van der Waals surface area contributed by atoms with Crippen molar-refractivity contribution in [1.29, 1.82) is 0 Å².